The van der Waals surface area contributed by atoms with Crippen LogP contribution in [-0.4, -0.2) is 70.8 Å². The van der Waals surface area contributed by atoms with E-state index in [0.29, 0.717) is 6.54 Å². The van der Waals surface area contributed by atoms with Gasteiger partial charge >= 0.3 is 0 Å². The summed E-state index contributed by atoms with van der Waals surface area (Å²) in [7, 11) is 9.25. The van der Waals surface area contributed by atoms with Gasteiger partial charge in [-0.05, 0) is 25.7 Å². The third-order valence-electron chi connectivity index (χ3n) is 3.79. The molecule has 0 heterocycles. The summed E-state index contributed by atoms with van der Waals surface area (Å²) in [6.07, 6.45) is 0. The maximum Gasteiger partial charge on any atom is 0.193 e. The molecule has 0 atom stereocenters. The van der Waals surface area contributed by atoms with E-state index in [1.54, 1.807) is 21.3 Å². The second-order valence-corrected chi connectivity index (χ2v) is 5.40. The van der Waals surface area contributed by atoms with Crippen molar-refractivity contribution >= 4 is 29.9 Å². The molecule has 1 aromatic rings. The summed E-state index contributed by atoms with van der Waals surface area (Å²) < 4.78 is 10.7. The van der Waals surface area contributed by atoms with Crippen molar-refractivity contribution in [2.75, 3.05) is 55.0 Å². The standard InChI is InChI=1S/C17H30N4O2.HI/c1-7-20(3)11-10-19-17(18-2)21(4)13-14-8-9-15(22-5)12-16(14)23-6;/h8-9,12H,7,10-11,13H2,1-6H3,(H,18,19);1H. The van der Waals surface area contributed by atoms with E-state index in [2.05, 4.69) is 34.1 Å². The van der Waals surface area contributed by atoms with Gasteiger partial charge in [-0.25, -0.2) is 0 Å². The van der Waals surface area contributed by atoms with Gasteiger partial charge < -0.3 is 24.6 Å². The third-order valence-corrected chi connectivity index (χ3v) is 3.79. The molecule has 1 rings (SSSR count). The molecule has 0 fully saturated rings. The van der Waals surface area contributed by atoms with E-state index in [0.717, 1.165) is 42.7 Å². The third kappa shape index (κ3) is 7.12. The van der Waals surface area contributed by atoms with E-state index < -0.39 is 0 Å². The second kappa shape index (κ2) is 12.2. The number of rotatable bonds is 8. The van der Waals surface area contributed by atoms with Crippen molar-refractivity contribution in [2.45, 2.75) is 13.5 Å². The van der Waals surface area contributed by atoms with Gasteiger partial charge in [-0.3, -0.25) is 4.99 Å². The molecule has 0 bridgehead atoms. The SMILES string of the molecule is CCN(C)CCNC(=NC)N(C)Cc1ccc(OC)cc1OC.I. The van der Waals surface area contributed by atoms with Crippen LogP contribution in [0.1, 0.15) is 12.5 Å². The first-order valence-corrected chi connectivity index (χ1v) is 7.86. The van der Waals surface area contributed by atoms with E-state index in [1.807, 2.05) is 25.2 Å². The molecule has 138 valence electrons. The summed E-state index contributed by atoms with van der Waals surface area (Å²) in [5, 5.41) is 3.38. The average Bonchev–Trinajstić information content (AvgIpc) is 2.58. The highest BCUT2D eigenvalue weighted by atomic mass is 127. The minimum atomic E-state index is 0. The number of nitrogens with one attached hydrogen (secondary N) is 1. The lowest BCUT2D eigenvalue weighted by Gasteiger charge is -2.24. The maximum absolute atomic E-state index is 5.46. The molecular formula is C17H31IN4O2. The normalized spacial score (nSPS) is 11.0. The van der Waals surface area contributed by atoms with Gasteiger partial charge in [0.15, 0.2) is 5.96 Å². The van der Waals surface area contributed by atoms with Crippen LogP contribution in [0.4, 0.5) is 0 Å². The van der Waals surface area contributed by atoms with Crippen LogP contribution in [0.25, 0.3) is 0 Å². The van der Waals surface area contributed by atoms with Crippen LogP contribution in [0.3, 0.4) is 0 Å². The molecule has 1 aromatic carbocycles. The summed E-state index contributed by atoms with van der Waals surface area (Å²) in [4.78, 5) is 8.68. The zero-order valence-electron chi connectivity index (χ0n) is 15.6. The van der Waals surface area contributed by atoms with Gasteiger partial charge in [0.2, 0.25) is 0 Å². The molecule has 24 heavy (non-hydrogen) atoms. The van der Waals surface area contributed by atoms with E-state index >= 15 is 0 Å². The van der Waals surface area contributed by atoms with Gasteiger partial charge in [0, 0.05) is 45.4 Å². The number of likely N-dealkylation sites (N-methyl/N-ethyl adjacent to an activating group) is 1. The van der Waals surface area contributed by atoms with Crippen molar-refractivity contribution in [2.24, 2.45) is 4.99 Å². The summed E-state index contributed by atoms with van der Waals surface area (Å²) >= 11 is 0. The molecule has 0 saturated heterocycles. The first-order valence-electron chi connectivity index (χ1n) is 7.86. The van der Waals surface area contributed by atoms with Crippen molar-refractivity contribution < 1.29 is 9.47 Å². The van der Waals surface area contributed by atoms with E-state index in [4.69, 9.17) is 9.47 Å². The minimum absolute atomic E-state index is 0. The van der Waals surface area contributed by atoms with Crippen molar-refractivity contribution in [1.82, 2.24) is 15.1 Å². The molecule has 0 unspecified atom stereocenters. The quantitative estimate of drug-likeness (QED) is 0.374. The number of guanidine groups is 1. The Labute approximate surface area is 163 Å². The van der Waals surface area contributed by atoms with E-state index in [-0.39, 0.29) is 24.0 Å². The molecule has 0 spiro atoms. The Balaban J connectivity index is 0.00000529. The molecule has 1 N–H and O–H groups in total. The molecular weight excluding hydrogens is 419 g/mol. The Hall–Kier alpha value is -1.22. The van der Waals surface area contributed by atoms with Gasteiger partial charge in [-0.1, -0.05) is 6.92 Å². The summed E-state index contributed by atoms with van der Waals surface area (Å²) in [6, 6.07) is 5.86. The number of benzene rings is 1. The van der Waals surface area contributed by atoms with Crippen LogP contribution < -0.4 is 14.8 Å². The maximum atomic E-state index is 5.46. The van der Waals surface area contributed by atoms with Crippen molar-refractivity contribution in [3.63, 3.8) is 0 Å². The lowest BCUT2D eigenvalue weighted by molar-refractivity contribution is 0.352. The Bertz CT molecular complexity index is 511. The van der Waals surface area contributed by atoms with Crippen LogP contribution in [0.2, 0.25) is 0 Å². The molecule has 0 aromatic heterocycles. The Morgan fingerprint density at radius 1 is 1.21 bits per heavy atom. The lowest BCUT2D eigenvalue weighted by atomic mass is 10.2. The zero-order chi connectivity index (χ0) is 17.2. The van der Waals surface area contributed by atoms with Gasteiger partial charge in [-0.15, -0.1) is 24.0 Å². The molecule has 0 saturated carbocycles. The fourth-order valence-electron chi connectivity index (χ4n) is 2.21. The van der Waals surface area contributed by atoms with Crippen LogP contribution in [0, 0.1) is 0 Å². The topological polar surface area (TPSA) is 49.3 Å². The smallest absolute Gasteiger partial charge is 0.193 e. The van der Waals surface area contributed by atoms with Gasteiger partial charge in [0.25, 0.3) is 0 Å². The molecule has 0 aliphatic heterocycles. The molecule has 0 radical (unpaired) electrons. The number of methoxy groups -OCH3 is 2. The van der Waals surface area contributed by atoms with Gasteiger partial charge in [0.1, 0.15) is 11.5 Å². The summed E-state index contributed by atoms with van der Waals surface area (Å²) in [5.41, 5.74) is 1.09. The number of hydrogen-bond acceptors (Lipinski definition) is 4. The number of ether oxygens (including phenoxy) is 2. The first-order chi connectivity index (χ1) is 11.0. The number of nitrogens with zero attached hydrogens (tertiary/aromatic N) is 3. The predicted molar refractivity (Wildman–Crippen MR) is 111 cm³/mol. The molecule has 0 amide bonds. The molecule has 0 aliphatic carbocycles. The Morgan fingerprint density at radius 3 is 2.46 bits per heavy atom. The summed E-state index contributed by atoms with van der Waals surface area (Å²) in [6.45, 7) is 5.74. The second-order valence-electron chi connectivity index (χ2n) is 5.40. The Kier molecular flexibility index (Phi) is 11.6. The molecule has 6 nitrogen and oxygen atoms in total. The van der Waals surface area contributed by atoms with Crippen molar-refractivity contribution in [3.05, 3.63) is 23.8 Å². The van der Waals surface area contributed by atoms with E-state index in [9.17, 15) is 0 Å². The zero-order valence-corrected chi connectivity index (χ0v) is 18.0. The van der Waals surface area contributed by atoms with Crippen molar-refractivity contribution in [3.8, 4) is 11.5 Å². The number of hydrogen-bond donors (Lipinski definition) is 1. The fraction of sp³-hybridized carbons (Fsp3) is 0.588. The van der Waals surface area contributed by atoms with Gasteiger partial charge in [0.05, 0.1) is 14.2 Å². The molecule has 7 heteroatoms. The monoisotopic (exact) mass is 450 g/mol. The number of aliphatic imine (C=N–C) groups is 1. The van der Waals surface area contributed by atoms with Crippen LogP contribution in [0.5, 0.6) is 11.5 Å². The predicted octanol–water partition coefficient (Wildman–Crippen LogP) is 2.28. The van der Waals surface area contributed by atoms with Crippen molar-refractivity contribution in [1.29, 1.82) is 0 Å². The highest BCUT2D eigenvalue weighted by molar-refractivity contribution is 14.0. The highest BCUT2D eigenvalue weighted by Crippen LogP contribution is 2.25. The number of halogens is 1. The summed E-state index contributed by atoms with van der Waals surface area (Å²) in [5.74, 6) is 2.48. The largest absolute Gasteiger partial charge is 0.497 e. The lowest BCUT2D eigenvalue weighted by Crippen LogP contribution is -2.41. The minimum Gasteiger partial charge on any atom is -0.497 e. The van der Waals surface area contributed by atoms with Gasteiger partial charge in [-0.2, -0.15) is 0 Å². The first kappa shape index (κ1) is 22.8. The Morgan fingerprint density at radius 2 is 1.92 bits per heavy atom. The van der Waals surface area contributed by atoms with Crippen LogP contribution >= 0.6 is 24.0 Å². The fourth-order valence-corrected chi connectivity index (χ4v) is 2.21. The van der Waals surface area contributed by atoms with Crippen LogP contribution in [0.15, 0.2) is 23.2 Å². The molecule has 0 aliphatic rings. The van der Waals surface area contributed by atoms with Crippen LogP contribution in [-0.2, 0) is 6.54 Å². The average molecular weight is 450 g/mol. The van der Waals surface area contributed by atoms with E-state index in [1.165, 1.54) is 0 Å². The highest BCUT2D eigenvalue weighted by Gasteiger charge is 2.11.